The summed E-state index contributed by atoms with van der Waals surface area (Å²) in [4.78, 5) is 8.59. The number of thioether (sulfide) groups is 1. The van der Waals surface area contributed by atoms with E-state index in [1.807, 2.05) is 11.8 Å². The second kappa shape index (κ2) is 5.11. The van der Waals surface area contributed by atoms with Gasteiger partial charge in [-0.1, -0.05) is 24.3 Å². The van der Waals surface area contributed by atoms with Crippen LogP contribution in [0.5, 0.6) is 0 Å². The van der Waals surface area contributed by atoms with E-state index in [0.29, 0.717) is 0 Å². The normalized spacial score (nSPS) is 14.5. The molecule has 1 aliphatic rings. The molecule has 4 heteroatoms. The zero-order valence-corrected chi connectivity index (χ0v) is 12.6. The summed E-state index contributed by atoms with van der Waals surface area (Å²) in [6.07, 6.45) is 0. The minimum atomic E-state index is 0.914. The van der Waals surface area contributed by atoms with E-state index < -0.39 is 0 Å². The van der Waals surface area contributed by atoms with Crippen LogP contribution in [0, 0.1) is 0 Å². The van der Waals surface area contributed by atoms with Crippen molar-refractivity contribution in [2.75, 3.05) is 17.2 Å². The van der Waals surface area contributed by atoms with E-state index in [-0.39, 0.29) is 0 Å². The molecule has 4 rings (SSSR count). The van der Waals surface area contributed by atoms with Crippen LogP contribution in [-0.2, 0) is 6.54 Å². The highest BCUT2D eigenvalue weighted by molar-refractivity contribution is 7.99. The predicted molar refractivity (Wildman–Crippen MR) is 87.8 cm³/mol. The molecule has 2 nitrogen and oxygen atoms in total. The van der Waals surface area contributed by atoms with E-state index in [0.717, 1.165) is 24.4 Å². The van der Waals surface area contributed by atoms with Crippen molar-refractivity contribution in [1.82, 2.24) is 4.98 Å². The van der Waals surface area contributed by atoms with E-state index in [4.69, 9.17) is 4.98 Å². The molecule has 0 radical (unpaired) electrons. The van der Waals surface area contributed by atoms with Crippen molar-refractivity contribution in [2.45, 2.75) is 11.4 Å². The molecule has 0 amide bonds. The third-order valence-electron chi connectivity index (χ3n) is 3.49. The Morgan fingerprint density at radius 1 is 1.05 bits per heavy atom. The van der Waals surface area contributed by atoms with Crippen LogP contribution in [-0.4, -0.2) is 17.3 Å². The van der Waals surface area contributed by atoms with Crippen LogP contribution in [0.25, 0.3) is 10.2 Å². The van der Waals surface area contributed by atoms with Gasteiger partial charge in [0.15, 0.2) is 0 Å². The molecule has 1 aromatic heterocycles. The van der Waals surface area contributed by atoms with Gasteiger partial charge in [-0.05, 0) is 24.3 Å². The van der Waals surface area contributed by atoms with Crippen LogP contribution in [0.2, 0.25) is 0 Å². The molecular weight excluding hydrogens is 284 g/mol. The first-order valence-corrected chi connectivity index (χ1v) is 8.51. The third-order valence-corrected chi connectivity index (χ3v) is 5.55. The second-order valence-corrected chi connectivity index (χ2v) is 7.07. The molecule has 100 valence electrons. The lowest BCUT2D eigenvalue weighted by Crippen LogP contribution is -2.28. The minimum absolute atomic E-state index is 0.914. The van der Waals surface area contributed by atoms with Crippen LogP contribution in [0.1, 0.15) is 5.01 Å². The van der Waals surface area contributed by atoms with Gasteiger partial charge in [-0.15, -0.1) is 23.1 Å². The van der Waals surface area contributed by atoms with Crippen LogP contribution < -0.4 is 4.90 Å². The first-order chi connectivity index (χ1) is 9.90. The minimum Gasteiger partial charge on any atom is -0.363 e. The fourth-order valence-corrected chi connectivity index (χ4v) is 4.58. The maximum atomic E-state index is 4.75. The van der Waals surface area contributed by atoms with Gasteiger partial charge in [0.05, 0.1) is 22.4 Å². The van der Waals surface area contributed by atoms with Gasteiger partial charge in [-0.3, -0.25) is 0 Å². The van der Waals surface area contributed by atoms with Gasteiger partial charge in [0.2, 0.25) is 0 Å². The molecule has 0 atom stereocenters. The van der Waals surface area contributed by atoms with Crippen molar-refractivity contribution < 1.29 is 0 Å². The van der Waals surface area contributed by atoms with E-state index in [9.17, 15) is 0 Å². The van der Waals surface area contributed by atoms with Gasteiger partial charge in [0, 0.05) is 17.2 Å². The third kappa shape index (κ3) is 2.19. The Morgan fingerprint density at radius 2 is 1.90 bits per heavy atom. The number of thiazole rings is 1. The highest BCUT2D eigenvalue weighted by Gasteiger charge is 2.18. The van der Waals surface area contributed by atoms with Crippen LogP contribution in [0.4, 0.5) is 5.69 Å². The summed E-state index contributed by atoms with van der Waals surface area (Å²) in [7, 11) is 0. The van der Waals surface area contributed by atoms with Gasteiger partial charge >= 0.3 is 0 Å². The Labute approximate surface area is 126 Å². The van der Waals surface area contributed by atoms with Crippen molar-refractivity contribution >= 4 is 39.0 Å². The Balaban J connectivity index is 1.66. The van der Waals surface area contributed by atoms with Gasteiger partial charge in [-0.25, -0.2) is 4.98 Å². The van der Waals surface area contributed by atoms with E-state index in [1.165, 1.54) is 20.3 Å². The molecule has 0 N–H and O–H groups in total. The average Bonchev–Trinajstić information content (AvgIpc) is 2.90. The number of aromatic nitrogens is 1. The smallest absolute Gasteiger partial charge is 0.113 e. The predicted octanol–water partition coefficient (Wildman–Crippen LogP) is 4.41. The molecule has 0 saturated carbocycles. The van der Waals surface area contributed by atoms with Crippen molar-refractivity contribution in [2.24, 2.45) is 0 Å². The largest absolute Gasteiger partial charge is 0.363 e. The Bertz CT molecular complexity index is 718. The molecule has 0 fully saturated rings. The molecule has 0 spiro atoms. The highest BCUT2D eigenvalue weighted by Crippen LogP contribution is 2.35. The zero-order valence-electron chi connectivity index (χ0n) is 11.0. The fourth-order valence-electron chi connectivity index (χ4n) is 2.54. The molecule has 3 aromatic rings. The van der Waals surface area contributed by atoms with Gasteiger partial charge < -0.3 is 4.90 Å². The van der Waals surface area contributed by atoms with Crippen LogP contribution in [0.15, 0.2) is 53.4 Å². The first kappa shape index (κ1) is 12.2. The molecule has 20 heavy (non-hydrogen) atoms. The SMILES string of the molecule is c1ccc2c(c1)SCCN2Cc1nc2ccccc2s1. The molecule has 0 unspecified atom stereocenters. The standard InChI is InChI=1S/C16H14N2S2/c1-3-7-14-12(5-1)17-16(20-14)11-18-9-10-19-15-8-4-2-6-13(15)18/h1-8H,9-11H2. The average molecular weight is 298 g/mol. The lowest BCUT2D eigenvalue weighted by molar-refractivity contribution is 0.813. The van der Waals surface area contributed by atoms with Crippen molar-refractivity contribution in [1.29, 1.82) is 0 Å². The van der Waals surface area contributed by atoms with Gasteiger partial charge in [-0.2, -0.15) is 0 Å². The number of benzene rings is 2. The number of hydrogen-bond acceptors (Lipinski definition) is 4. The number of para-hydroxylation sites is 2. The monoisotopic (exact) mass is 298 g/mol. The number of hydrogen-bond donors (Lipinski definition) is 0. The lowest BCUT2D eigenvalue weighted by Gasteiger charge is -2.29. The number of nitrogens with zero attached hydrogens (tertiary/aromatic N) is 2. The van der Waals surface area contributed by atoms with E-state index >= 15 is 0 Å². The topological polar surface area (TPSA) is 16.1 Å². The number of rotatable bonds is 2. The second-order valence-electron chi connectivity index (χ2n) is 4.81. The summed E-state index contributed by atoms with van der Waals surface area (Å²) in [6.45, 7) is 2.01. The zero-order chi connectivity index (χ0) is 13.4. The molecule has 2 aromatic carbocycles. The van der Waals surface area contributed by atoms with E-state index in [1.54, 1.807) is 11.3 Å². The van der Waals surface area contributed by atoms with Crippen LogP contribution in [0.3, 0.4) is 0 Å². The Hall–Kier alpha value is -1.52. The molecule has 0 aliphatic carbocycles. The van der Waals surface area contributed by atoms with Crippen molar-refractivity contribution in [3.63, 3.8) is 0 Å². The lowest BCUT2D eigenvalue weighted by atomic mass is 10.3. The summed E-state index contributed by atoms with van der Waals surface area (Å²) >= 11 is 3.76. The Morgan fingerprint density at radius 3 is 2.85 bits per heavy atom. The molecule has 0 saturated heterocycles. The molecule has 2 heterocycles. The highest BCUT2D eigenvalue weighted by atomic mass is 32.2. The van der Waals surface area contributed by atoms with Gasteiger partial charge in [0.25, 0.3) is 0 Å². The Kier molecular flexibility index (Phi) is 3.13. The maximum Gasteiger partial charge on any atom is 0.113 e. The van der Waals surface area contributed by atoms with Crippen LogP contribution >= 0.6 is 23.1 Å². The molecule has 1 aliphatic heterocycles. The number of fused-ring (bicyclic) bond motifs is 2. The quantitative estimate of drug-likeness (QED) is 0.697. The number of anilines is 1. The summed E-state index contributed by atoms with van der Waals surface area (Å²) in [6, 6.07) is 17.0. The van der Waals surface area contributed by atoms with Crippen molar-refractivity contribution in [3.05, 3.63) is 53.5 Å². The van der Waals surface area contributed by atoms with Gasteiger partial charge in [0.1, 0.15) is 5.01 Å². The molecular formula is C16H14N2S2. The molecule has 0 bridgehead atoms. The summed E-state index contributed by atoms with van der Waals surface area (Å²) < 4.78 is 1.28. The van der Waals surface area contributed by atoms with E-state index in [2.05, 4.69) is 53.4 Å². The summed E-state index contributed by atoms with van der Waals surface area (Å²) in [5.41, 5.74) is 2.47. The summed E-state index contributed by atoms with van der Waals surface area (Å²) in [5.74, 6) is 1.15. The first-order valence-electron chi connectivity index (χ1n) is 6.71. The summed E-state index contributed by atoms with van der Waals surface area (Å²) in [5, 5.41) is 1.20. The maximum absolute atomic E-state index is 4.75. The van der Waals surface area contributed by atoms with Crippen molar-refractivity contribution in [3.8, 4) is 0 Å². The fraction of sp³-hybridized carbons (Fsp3) is 0.188.